The number of ether oxygens (including phenoxy) is 2. The van der Waals surface area contributed by atoms with Crippen LogP contribution < -0.4 is 14.8 Å². The van der Waals surface area contributed by atoms with Crippen molar-refractivity contribution in [2.45, 2.75) is 26.3 Å². The predicted molar refractivity (Wildman–Crippen MR) is 129 cm³/mol. The number of guanidine groups is 1. The van der Waals surface area contributed by atoms with Gasteiger partial charge in [-0.15, -0.1) is 0 Å². The molecule has 0 aliphatic carbocycles. The molecule has 4 rings (SSSR count). The third kappa shape index (κ3) is 6.49. The van der Waals surface area contributed by atoms with E-state index in [4.69, 9.17) is 14.5 Å². The normalized spacial score (nSPS) is 21.1. The molecular weight excluding hydrogens is 404 g/mol. The Balaban J connectivity index is 1.21. The van der Waals surface area contributed by atoms with Crippen molar-refractivity contribution >= 4 is 5.96 Å². The van der Waals surface area contributed by atoms with E-state index in [2.05, 4.69) is 51.0 Å². The predicted octanol–water partition coefficient (Wildman–Crippen LogP) is 1.53. The van der Waals surface area contributed by atoms with Gasteiger partial charge in [0.15, 0.2) is 17.5 Å². The fourth-order valence-electron chi connectivity index (χ4n) is 4.64. The van der Waals surface area contributed by atoms with Crippen LogP contribution in [0.15, 0.2) is 23.2 Å². The van der Waals surface area contributed by atoms with Crippen molar-refractivity contribution in [2.75, 3.05) is 85.8 Å². The average Bonchev–Trinajstić information content (AvgIpc) is 3.17. The maximum atomic E-state index is 5.52. The van der Waals surface area contributed by atoms with Crippen LogP contribution in [-0.2, 0) is 6.54 Å². The summed E-state index contributed by atoms with van der Waals surface area (Å²) in [7, 11) is 2.23. The van der Waals surface area contributed by atoms with Gasteiger partial charge in [-0.2, -0.15) is 0 Å². The van der Waals surface area contributed by atoms with E-state index in [9.17, 15) is 0 Å². The number of likely N-dealkylation sites (N-methyl/N-ethyl adjacent to an activating group) is 1. The summed E-state index contributed by atoms with van der Waals surface area (Å²) in [6.45, 7) is 15.3. The number of nitrogens with zero attached hydrogens (tertiary/aromatic N) is 5. The fraction of sp³-hybridized carbons (Fsp3) is 0.708. The highest BCUT2D eigenvalue weighted by Gasteiger charge is 2.21. The van der Waals surface area contributed by atoms with Gasteiger partial charge in [0.1, 0.15) is 0 Å². The minimum absolute atomic E-state index is 0.333. The van der Waals surface area contributed by atoms with Crippen LogP contribution >= 0.6 is 0 Å². The van der Waals surface area contributed by atoms with Gasteiger partial charge in [0, 0.05) is 58.9 Å². The zero-order chi connectivity index (χ0) is 22.2. The second-order valence-electron chi connectivity index (χ2n) is 9.04. The number of hydrogen-bond acceptors (Lipinski definition) is 6. The molecule has 0 bridgehead atoms. The van der Waals surface area contributed by atoms with Gasteiger partial charge in [0.05, 0.1) is 0 Å². The van der Waals surface area contributed by atoms with Crippen molar-refractivity contribution in [3.63, 3.8) is 0 Å². The van der Waals surface area contributed by atoms with Crippen molar-refractivity contribution in [2.24, 2.45) is 4.99 Å². The van der Waals surface area contributed by atoms with Crippen LogP contribution in [0.3, 0.4) is 0 Å². The lowest BCUT2D eigenvalue weighted by Crippen LogP contribution is -2.52. The van der Waals surface area contributed by atoms with Crippen molar-refractivity contribution in [1.82, 2.24) is 24.9 Å². The van der Waals surface area contributed by atoms with E-state index < -0.39 is 0 Å². The molecule has 32 heavy (non-hydrogen) atoms. The van der Waals surface area contributed by atoms with Gasteiger partial charge in [-0.05, 0) is 64.1 Å². The molecule has 0 spiro atoms. The second kappa shape index (κ2) is 11.7. The number of benzene rings is 1. The van der Waals surface area contributed by atoms with Gasteiger partial charge in [-0.1, -0.05) is 6.07 Å². The number of rotatable bonds is 7. The van der Waals surface area contributed by atoms with Crippen molar-refractivity contribution in [3.8, 4) is 11.5 Å². The highest BCUT2D eigenvalue weighted by Crippen LogP contribution is 2.32. The lowest BCUT2D eigenvalue weighted by atomic mass is 10.1. The molecule has 1 N–H and O–H groups in total. The molecule has 0 unspecified atom stereocenters. The van der Waals surface area contributed by atoms with Crippen LogP contribution in [0.2, 0.25) is 0 Å². The molecule has 1 aromatic carbocycles. The summed E-state index contributed by atoms with van der Waals surface area (Å²) in [6.07, 6.45) is 2.40. The molecule has 3 heterocycles. The monoisotopic (exact) mass is 444 g/mol. The summed E-state index contributed by atoms with van der Waals surface area (Å²) < 4.78 is 10.9. The Labute approximate surface area is 193 Å². The Bertz CT molecular complexity index is 750. The lowest BCUT2D eigenvalue weighted by molar-refractivity contribution is 0.171. The first-order valence-corrected chi connectivity index (χ1v) is 12.3. The molecule has 0 amide bonds. The zero-order valence-electron chi connectivity index (χ0n) is 19.9. The molecule has 8 nitrogen and oxygen atoms in total. The maximum Gasteiger partial charge on any atom is 0.231 e. The third-order valence-corrected chi connectivity index (χ3v) is 6.56. The molecule has 0 radical (unpaired) electrons. The summed E-state index contributed by atoms with van der Waals surface area (Å²) in [5, 5.41) is 3.51. The summed E-state index contributed by atoms with van der Waals surface area (Å²) in [5.74, 6) is 2.80. The van der Waals surface area contributed by atoms with Gasteiger partial charge >= 0.3 is 0 Å². The largest absolute Gasteiger partial charge is 0.454 e. The first-order chi connectivity index (χ1) is 15.7. The van der Waals surface area contributed by atoms with Crippen molar-refractivity contribution < 1.29 is 9.47 Å². The smallest absolute Gasteiger partial charge is 0.231 e. The van der Waals surface area contributed by atoms with Crippen molar-refractivity contribution in [1.29, 1.82) is 0 Å². The zero-order valence-corrected chi connectivity index (χ0v) is 19.9. The van der Waals surface area contributed by atoms with Gasteiger partial charge in [0.25, 0.3) is 0 Å². The molecule has 178 valence electrons. The Hall–Kier alpha value is -2.03. The Kier molecular flexibility index (Phi) is 8.48. The molecule has 2 saturated heterocycles. The van der Waals surface area contributed by atoms with Crippen LogP contribution in [-0.4, -0.2) is 111 Å². The van der Waals surface area contributed by atoms with E-state index >= 15 is 0 Å². The number of piperazine rings is 1. The summed E-state index contributed by atoms with van der Waals surface area (Å²) in [6, 6.07) is 6.28. The van der Waals surface area contributed by atoms with Gasteiger partial charge in [0.2, 0.25) is 6.79 Å². The van der Waals surface area contributed by atoms with E-state index in [-0.39, 0.29) is 0 Å². The van der Waals surface area contributed by atoms with Gasteiger partial charge in [-0.25, -0.2) is 0 Å². The summed E-state index contributed by atoms with van der Waals surface area (Å²) in [4.78, 5) is 14.9. The van der Waals surface area contributed by atoms with E-state index in [1.54, 1.807) is 0 Å². The number of nitrogens with one attached hydrogen (secondary N) is 1. The van der Waals surface area contributed by atoms with E-state index in [1.165, 1.54) is 38.2 Å². The highest BCUT2D eigenvalue weighted by molar-refractivity contribution is 5.80. The van der Waals surface area contributed by atoms with E-state index in [0.29, 0.717) is 6.79 Å². The molecule has 3 aliphatic heterocycles. The standard InChI is InChI=1S/C24H40N6O2/c1-3-25-24(26-8-4-10-28-11-5-9-27(2)12-13-28)30-16-14-29(15-17-30)19-21-6-7-22-23(18-21)32-20-31-22/h6-7,18H,3-5,8-17,19-20H2,1-2H3,(H,25,26). The molecule has 3 aliphatic rings. The first kappa shape index (κ1) is 23.1. The Morgan fingerprint density at radius 3 is 2.62 bits per heavy atom. The van der Waals surface area contributed by atoms with Gasteiger partial charge in [-0.3, -0.25) is 9.89 Å². The topological polar surface area (TPSA) is 55.8 Å². The fourth-order valence-corrected chi connectivity index (χ4v) is 4.64. The van der Waals surface area contributed by atoms with Crippen LogP contribution in [0.25, 0.3) is 0 Å². The summed E-state index contributed by atoms with van der Waals surface area (Å²) in [5.41, 5.74) is 1.28. The molecule has 8 heteroatoms. The number of fused-ring (bicyclic) bond motifs is 1. The molecule has 1 aromatic rings. The van der Waals surface area contributed by atoms with E-state index in [0.717, 1.165) is 76.2 Å². The quantitative estimate of drug-likeness (QED) is 0.389. The Morgan fingerprint density at radius 1 is 0.969 bits per heavy atom. The molecule has 2 fully saturated rings. The lowest BCUT2D eigenvalue weighted by Gasteiger charge is -2.36. The number of hydrogen-bond donors (Lipinski definition) is 1. The average molecular weight is 445 g/mol. The van der Waals surface area contributed by atoms with Crippen LogP contribution in [0, 0.1) is 0 Å². The summed E-state index contributed by atoms with van der Waals surface area (Å²) >= 11 is 0. The van der Waals surface area contributed by atoms with Crippen LogP contribution in [0.4, 0.5) is 0 Å². The van der Waals surface area contributed by atoms with Crippen LogP contribution in [0.1, 0.15) is 25.3 Å². The van der Waals surface area contributed by atoms with E-state index in [1.807, 2.05) is 6.07 Å². The third-order valence-electron chi connectivity index (χ3n) is 6.56. The van der Waals surface area contributed by atoms with Crippen molar-refractivity contribution in [3.05, 3.63) is 23.8 Å². The van der Waals surface area contributed by atoms with Gasteiger partial charge < -0.3 is 29.5 Å². The Morgan fingerprint density at radius 2 is 1.78 bits per heavy atom. The maximum absolute atomic E-state index is 5.52. The minimum Gasteiger partial charge on any atom is -0.454 e. The first-order valence-electron chi connectivity index (χ1n) is 12.3. The second-order valence-corrected chi connectivity index (χ2v) is 9.04. The SMILES string of the molecule is CCNC(=NCCCN1CCCN(C)CC1)N1CCN(Cc2ccc3c(c2)OCO3)CC1. The van der Waals surface area contributed by atoms with Crippen LogP contribution in [0.5, 0.6) is 11.5 Å². The molecule has 0 saturated carbocycles. The highest BCUT2D eigenvalue weighted by atomic mass is 16.7. The molecular formula is C24H40N6O2. The molecule has 0 aromatic heterocycles. The molecule has 0 atom stereocenters. The minimum atomic E-state index is 0.333. The number of aliphatic imine (C=N–C) groups is 1.